The minimum Gasteiger partial charge on any atom is -0.504 e. The maximum atomic E-state index is 13.0. The molecule has 13 heteroatoms. The SMILES string of the molecule is O=C1c2ccccc2C(=O)c2c1ccc(O[C@H]1O[C@@H](CO[C@H]3OC[C@H](O)[C@@H](O)[C@@H]3O)[C@H](O)[C@@H](O)[C@@H]1O)c2O. The third kappa shape index (κ3) is 4.47. The normalized spacial score (nSPS) is 34.9. The van der Waals surface area contributed by atoms with Crippen molar-refractivity contribution in [2.45, 2.75) is 55.3 Å². The van der Waals surface area contributed by atoms with E-state index >= 15 is 0 Å². The van der Waals surface area contributed by atoms with Crippen molar-refractivity contribution in [2.75, 3.05) is 13.2 Å². The third-order valence-corrected chi connectivity index (χ3v) is 6.82. The van der Waals surface area contributed by atoms with Gasteiger partial charge in [0.15, 0.2) is 29.4 Å². The Morgan fingerprint density at radius 3 is 2.13 bits per heavy atom. The van der Waals surface area contributed by atoms with E-state index in [0.29, 0.717) is 0 Å². The van der Waals surface area contributed by atoms with Crippen molar-refractivity contribution in [3.05, 3.63) is 58.7 Å². The lowest BCUT2D eigenvalue weighted by molar-refractivity contribution is -0.307. The van der Waals surface area contributed by atoms with Crippen LogP contribution in [0.4, 0.5) is 0 Å². The lowest BCUT2D eigenvalue weighted by atomic mass is 9.83. The highest BCUT2D eigenvalue weighted by molar-refractivity contribution is 6.29. The molecule has 2 fully saturated rings. The average Bonchev–Trinajstić information content (AvgIpc) is 2.91. The lowest BCUT2D eigenvalue weighted by Crippen LogP contribution is -2.61. The fraction of sp³-hybridized carbons (Fsp3) is 0.440. The van der Waals surface area contributed by atoms with Gasteiger partial charge in [-0.1, -0.05) is 24.3 Å². The second-order valence-corrected chi connectivity index (χ2v) is 9.25. The van der Waals surface area contributed by atoms with Crippen LogP contribution in [0.5, 0.6) is 11.5 Å². The minimum absolute atomic E-state index is 0.0382. The molecule has 5 rings (SSSR count). The summed E-state index contributed by atoms with van der Waals surface area (Å²) < 4.78 is 21.6. The zero-order valence-electron chi connectivity index (χ0n) is 19.7. The zero-order chi connectivity index (χ0) is 27.3. The van der Waals surface area contributed by atoms with Gasteiger partial charge in [-0.05, 0) is 12.1 Å². The van der Waals surface area contributed by atoms with E-state index in [4.69, 9.17) is 18.9 Å². The number of carbonyl (C=O) groups excluding carboxylic acids is 2. The Balaban J connectivity index is 1.33. The summed E-state index contributed by atoms with van der Waals surface area (Å²) >= 11 is 0. The predicted molar refractivity (Wildman–Crippen MR) is 122 cm³/mol. The van der Waals surface area contributed by atoms with E-state index in [-0.39, 0.29) is 34.6 Å². The number of carbonyl (C=O) groups is 2. The summed E-state index contributed by atoms with van der Waals surface area (Å²) in [4.78, 5) is 25.9. The Morgan fingerprint density at radius 1 is 0.763 bits per heavy atom. The van der Waals surface area contributed by atoms with Crippen molar-refractivity contribution in [3.8, 4) is 11.5 Å². The van der Waals surface area contributed by atoms with Crippen molar-refractivity contribution in [3.63, 3.8) is 0 Å². The number of benzene rings is 2. The summed E-state index contributed by atoms with van der Waals surface area (Å²) in [6.45, 7) is -0.831. The highest BCUT2D eigenvalue weighted by Gasteiger charge is 2.47. The van der Waals surface area contributed by atoms with Gasteiger partial charge in [-0.25, -0.2) is 0 Å². The monoisotopic (exact) mass is 534 g/mol. The summed E-state index contributed by atoms with van der Waals surface area (Å²) in [5.41, 5.74) is -0.0325. The van der Waals surface area contributed by atoms with Crippen molar-refractivity contribution < 1.29 is 64.3 Å². The number of aliphatic hydroxyl groups excluding tert-OH is 6. The number of aliphatic hydroxyl groups is 6. The van der Waals surface area contributed by atoms with Gasteiger partial charge in [0, 0.05) is 16.7 Å². The number of phenols is 1. The zero-order valence-corrected chi connectivity index (χ0v) is 19.7. The molecule has 2 aromatic rings. The maximum Gasteiger partial charge on any atom is 0.229 e. The highest BCUT2D eigenvalue weighted by Crippen LogP contribution is 2.40. The van der Waals surface area contributed by atoms with Crippen molar-refractivity contribution in [1.29, 1.82) is 0 Å². The van der Waals surface area contributed by atoms with Crippen molar-refractivity contribution in [1.82, 2.24) is 0 Å². The molecule has 0 spiro atoms. The van der Waals surface area contributed by atoms with Gasteiger partial charge in [-0.2, -0.15) is 0 Å². The van der Waals surface area contributed by atoms with E-state index < -0.39 is 79.2 Å². The van der Waals surface area contributed by atoms with Gasteiger partial charge >= 0.3 is 0 Å². The topological polar surface area (TPSA) is 213 Å². The summed E-state index contributed by atoms with van der Waals surface area (Å²) in [5, 5.41) is 71.3. The van der Waals surface area contributed by atoms with E-state index in [1.54, 1.807) is 12.1 Å². The second kappa shape index (κ2) is 10.3. The van der Waals surface area contributed by atoms with E-state index in [1.807, 2.05) is 0 Å². The van der Waals surface area contributed by atoms with Crippen LogP contribution in [-0.2, 0) is 14.2 Å². The average molecular weight is 534 g/mol. The predicted octanol–water partition coefficient (Wildman–Crippen LogP) is -2.19. The van der Waals surface area contributed by atoms with Gasteiger partial charge in [0.25, 0.3) is 0 Å². The molecule has 0 amide bonds. The summed E-state index contributed by atoms with van der Waals surface area (Å²) in [6.07, 6.45) is -14.1. The first-order chi connectivity index (χ1) is 18.1. The summed E-state index contributed by atoms with van der Waals surface area (Å²) in [5.74, 6) is -2.08. The van der Waals surface area contributed by atoms with E-state index in [9.17, 15) is 45.3 Å². The molecule has 2 aromatic carbocycles. The molecular formula is C25H26O13. The fourth-order valence-electron chi connectivity index (χ4n) is 4.64. The first-order valence-corrected chi connectivity index (χ1v) is 11.8. The van der Waals surface area contributed by atoms with Crippen LogP contribution in [0.3, 0.4) is 0 Å². The molecule has 13 nitrogen and oxygen atoms in total. The van der Waals surface area contributed by atoms with Crippen LogP contribution >= 0.6 is 0 Å². The largest absolute Gasteiger partial charge is 0.504 e. The number of hydrogen-bond acceptors (Lipinski definition) is 13. The number of rotatable bonds is 5. The smallest absolute Gasteiger partial charge is 0.229 e. The first kappa shape index (κ1) is 26.6. The van der Waals surface area contributed by atoms with Gasteiger partial charge in [0.05, 0.1) is 18.8 Å². The number of aromatic hydroxyl groups is 1. The Morgan fingerprint density at radius 2 is 1.42 bits per heavy atom. The van der Waals surface area contributed by atoms with Gasteiger partial charge < -0.3 is 54.7 Å². The molecule has 9 atom stereocenters. The van der Waals surface area contributed by atoms with Crippen LogP contribution in [-0.4, -0.2) is 116 Å². The van der Waals surface area contributed by atoms with Crippen LogP contribution in [0.25, 0.3) is 0 Å². The molecule has 204 valence electrons. The maximum absolute atomic E-state index is 13.0. The van der Waals surface area contributed by atoms with Gasteiger partial charge in [0.2, 0.25) is 6.29 Å². The Labute approximate surface area is 215 Å². The molecule has 0 radical (unpaired) electrons. The van der Waals surface area contributed by atoms with Gasteiger partial charge in [-0.3, -0.25) is 9.59 Å². The molecule has 0 saturated carbocycles. The highest BCUT2D eigenvalue weighted by atomic mass is 16.7. The summed E-state index contributed by atoms with van der Waals surface area (Å²) in [7, 11) is 0. The van der Waals surface area contributed by atoms with Crippen LogP contribution in [0, 0.1) is 0 Å². The molecule has 1 aliphatic carbocycles. The minimum atomic E-state index is -1.80. The van der Waals surface area contributed by atoms with Crippen LogP contribution in [0.2, 0.25) is 0 Å². The van der Waals surface area contributed by atoms with Gasteiger partial charge in [-0.15, -0.1) is 0 Å². The number of fused-ring (bicyclic) bond motifs is 2. The molecule has 2 heterocycles. The molecule has 2 aliphatic heterocycles. The Hall–Kier alpha value is -2.98. The standard InChI is InChI=1S/C25H26O13/c26-12-7-35-24(22(33)18(12)29)36-8-14-20(31)21(32)23(34)25(38-14)37-13-6-5-11-15(19(13)30)17(28)10-4-2-1-3-9(10)16(11)27/h1-6,12,14,18,20-26,29-34H,7-8H2/t12-,14-,18+,20-,21+,22-,23-,24+,25-/m0/s1. The molecule has 0 aromatic heterocycles. The quantitative estimate of drug-likeness (QED) is 0.186. The molecule has 3 aliphatic rings. The van der Waals surface area contributed by atoms with E-state index in [0.717, 1.165) is 0 Å². The molecular weight excluding hydrogens is 508 g/mol. The molecule has 2 saturated heterocycles. The number of phenolic OH excluding ortho intramolecular Hbond substituents is 1. The molecule has 38 heavy (non-hydrogen) atoms. The van der Waals surface area contributed by atoms with Crippen molar-refractivity contribution in [2.24, 2.45) is 0 Å². The van der Waals surface area contributed by atoms with Crippen molar-refractivity contribution >= 4 is 11.6 Å². The van der Waals surface area contributed by atoms with Gasteiger partial charge in [0.1, 0.15) is 42.7 Å². The van der Waals surface area contributed by atoms with Crippen LogP contribution < -0.4 is 4.74 Å². The fourth-order valence-corrected chi connectivity index (χ4v) is 4.64. The molecule has 0 unspecified atom stereocenters. The first-order valence-electron chi connectivity index (χ1n) is 11.8. The second-order valence-electron chi connectivity index (χ2n) is 9.25. The van der Waals surface area contributed by atoms with E-state index in [2.05, 4.69) is 0 Å². The molecule has 7 N–H and O–H groups in total. The van der Waals surface area contributed by atoms with Crippen LogP contribution in [0.15, 0.2) is 36.4 Å². The number of ketones is 2. The number of hydrogen-bond donors (Lipinski definition) is 7. The summed E-state index contributed by atoms with van der Waals surface area (Å²) in [6, 6.07) is 8.62. The lowest BCUT2D eigenvalue weighted by Gasteiger charge is -2.41. The Kier molecular flexibility index (Phi) is 7.21. The number of ether oxygens (including phenoxy) is 4. The molecule has 0 bridgehead atoms. The van der Waals surface area contributed by atoms with E-state index in [1.165, 1.54) is 24.3 Å². The van der Waals surface area contributed by atoms with Crippen LogP contribution in [0.1, 0.15) is 31.8 Å². The third-order valence-electron chi connectivity index (χ3n) is 6.82. The Bertz CT molecular complexity index is 1230.